The normalized spacial score (nSPS) is 10.4. The summed E-state index contributed by atoms with van der Waals surface area (Å²) in [7, 11) is 0. The average molecular weight is 370 g/mol. The third kappa shape index (κ3) is 5.15. The first-order valence-corrected chi connectivity index (χ1v) is 7.98. The minimum Gasteiger partial charge on any atom is -0.484 e. The van der Waals surface area contributed by atoms with Crippen LogP contribution in [0.1, 0.15) is 5.56 Å². The smallest absolute Gasteiger partial charge is 0.336 e. The van der Waals surface area contributed by atoms with Crippen LogP contribution >= 0.6 is 0 Å². The van der Waals surface area contributed by atoms with Gasteiger partial charge in [-0.3, -0.25) is 20.4 Å². The van der Waals surface area contributed by atoms with Gasteiger partial charge in [0.15, 0.2) is 6.61 Å². The average Bonchev–Trinajstić information content (AvgIpc) is 2.66. The van der Waals surface area contributed by atoms with Crippen LogP contribution in [0.15, 0.2) is 63.8 Å². The summed E-state index contributed by atoms with van der Waals surface area (Å²) < 4.78 is 23.2. The van der Waals surface area contributed by atoms with Crippen LogP contribution in [0.3, 0.4) is 0 Å². The van der Waals surface area contributed by atoms with Gasteiger partial charge >= 0.3 is 5.63 Å². The molecule has 0 bridgehead atoms. The lowest BCUT2D eigenvalue weighted by molar-refractivity contribution is -0.129. The van der Waals surface area contributed by atoms with Crippen molar-refractivity contribution in [3.63, 3.8) is 0 Å². The van der Waals surface area contributed by atoms with Crippen LogP contribution in [0.5, 0.6) is 5.75 Å². The number of benzene rings is 2. The first-order valence-electron chi connectivity index (χ1n) is 7.98. The number of ether oxygens (including phenoxy) is 1. The quantitative estimate of drug-likeness (QED) is 0.526. The minimum absolute atomic E-state index is 0.00881. The van der Waals surface area contributed by atoms with Gasteiger partial charge in [0.25, 0.3) is 5.91 Å². The molecule has 0 aliphatic carbocycles. The summed E-state index contributed by atoms with van der Waals surface area (Å²) >= 11 is 0. The molecule has 0 saturated carbocycles. The molecule has 138 valence electrons. The molecule has 0 aliphatic heterocycles. The summed E-state index contributed by atoms with van der Waals surface area (Å²) in [6, 6.07) is 13.2. The molecule has 0 radical (unpaired) electrons. The van der Waals surface area contributed by atoms with Crippen molar-refractivity contribution >= 4 is 22.8 Å². The zero-order valence-electron chi connectivity index (χ0n) is 14.0. The highest BCUT2D eigenvalue weighted by Crippen LogP contribution is 2.19. The van der Waals surface area contributed by atoms with Gasteiger partial charge in [0, 0.05) is 17.5 Å². The van der Waals surface area contributed by atoms with Gasteiger partial charge in [0.2, 0.25) is 5.91 Å². The molecule has 27 heavy (non-hydrogen) atoms. The first-order chi connectivity index (χ1) is 13.0. The van der Waals surface area contributed by atoms with Gasteiger partial charge < -0.3 is 9.15 Å². The highest BCUT2D eigenvalue weighted by molar-refractivity contribution is 5.84. The molecule has 2 N–H and O–H groups in total. The number of nitrogens with one attached hydrogen (secondary N) is 2. The molecule has 8 heteroatoms. The van der Waals surface area contributed by atoms with Crippen molar-refractivity contribution in [1.82, 2.24) is 10.9 Å². The molecular weight excluding hydrogens is 355 g/mol. The lowest BCUT2D eigenvalue weighted by Gasteiger charge is -2.09. The highest BCUT2D eigenvalue weighted by Gasteiger charge is 2.08. The van der Waals surface area contributed by atoms with Crippen molar-refractivity contribution in [2.24, 2.45) is 0 Å². The third-order valence-corrected chi connectivity index (χ3v) is 3.58. The van der Waals surface area contributed by atoms with Crippen LogP contribution in [-0.4, -0.2) is 18.4 Å². The van der Waals surface area contributed by atoms with E-state index in [2.05, 4.69) is 10.9 Å². The lowest BCUT2D eigenvalue weighted by atomic mass is 10.1. The molecule has 0 fully saturated rings. The standard InChI is InChI=1S/C19H15FN2O5/c20-14-5-1-12(2-6-14)9-17(23)21-22-18(24)11-26-15-7-3-13-4-8-19(25)27-16(13)10-15/h1-8,10H,9,11H2,(H,21,23)(H,22,24). The van der Waals surface area contributed by atoms with Gasteiger partial charge in [-0.2, -0.15) is 0 Å². The van der Waals surface area contributed by atoms with Crippen molar-refractivity contribution < 1.29 is 23.1 Å². The van der Waals surface area contributed by atoms with E-state index >= 15 is 0 Å². The Labute approximate surface area is 152 Å². The lowest BCUT2D eigenvalue weighted by Crippen LogP contribution is -2.44. The summed E-state index contributed by atoms with van der Waals surface area (Å²) in [5, 5.41) is 0.722. The molecule has 1 heterocycles. The molecule has 2 aromatic carbocycles. The Hall–Kier alpha value is -3.68. The zero-order chi connectivity index (χ0) is 19.2. The second-order valence-corrected chi connectivity index (χ2v) is 5.64. The van der Waals surface area contributed by atoms with Crippen LogP contribution in [-0.2, 0) is 16.0 Å². The van der Waals surface area contributed by atoms with Crippen LogP contribution < -0.4 is 21.2 Å². The fraction of sp³-hybridized carbons (Fsp3) is 0.105. The van der Waals surface area contributed by atoms with Gasteiger partial charge in [-0.15, -0.1) is 0 Å². The van der Waals surface area contributed by atoms with Gasteiger partial charge in [-0.05, 0) is 35.9 Å². The summed E-state index contributed by atoms with van der Waals surface area (Å²) in [6.07, 6.45) is -0.00881. The molecule has 0 unspecified atom stereocenters. The Morgan fingerprint density at radius 3 is 2.44 bits per heavy atom. The van der Waals surface area contributed by atoms with Gasteiger partial charge in [-0.1, -0.05) is 12.1 Å². The summed E-state index contributed by atoms with van der Waals surface area (Å²) in [5.41, 5.74) is 4.93. The Balaban J connectivity index is 1.47. The van der Waals surface area contributed by atoms with E-state index in [1.807, 2.05) is 0 Å². The molecule has 2 amide bonds. The van der Waals surface area contributed by atoms with Gasteiger partial charge in [-0.25, -0.2) is 9.18 Å². The number of halogens is 1. The fourth-order valence-corrected chi connectivity index (χ4v) is 2.29. The van der Waals surface area contributed by atoms with E-state index in [4.69, 9.17) is 9.15 Å². The maximum atomic E-state index is 12.8. The number of carbonyl (C=O) groups is 2. The molecule has 3 aromatic rings. The predicted molar refractivity (Wildman–Crippen MR) is 94.4 cm³/mol. The van der Waals surface area contributed by atoms with E-state index in [0.29, 0.717) is 16.9 Å². The first kappa shape index (κ1) is 18.1. The summed E-state index contributed by atoms with van der Waals surface area (Å²) in [6.45, 7) is -0.348. The Kier molecular flexibility index (Phi) is 5.46. The monoisotopic (exact) mass is 370 g/mol. The fourth-order valence-electron chi connectivity index (χ4n) is 2.29. The number of rotatable bonds is 5. The van der Waals surface area contributed by atoms with E-state index in [9.17, 15) is 18.8 Å². The molecule has 0 aliphatic rings. The minimum atomic E-state index is -0.572. The number of hydrazine groups is 1. The molecule has 7 nitrogen and oxygen atoms in total. The van der Waals surface area contributed by atoms with Crippen molar-refractivity contribution in [3.05, 3.63) is 76.4 Å². The maximum absolute atomic E-state index is 12.8. The molecule has 1 aromatic heterocycles. The molecule has 3 rings (SSSR count). The Bertz CT molecular complexity index is 1030. The molecule has 0 saturated heterocycles. The van der Waals surface area contributed by atoms with E-state index in [-0.39, 0.29) is 13.0 Å². The van der Waals surface area contributed by atoms with Crippen LogP contribution in [0.2, 0.25) is 0 Å². The second-order valence-electron chi connectivity index (χ2n) is 5.64. The van der Waals surface area contributed by atoms with Crippen molar-refractivity contribution in [3.8, 4) is 5.75 Å². The summed E-state index contributed by atoms with van der Waals surface area (Å²) in [5.74, 6) is -1.08. The van der Waals surface area contributed by atoms with Crippen LogP contribution in [0, 0.1) is 5.82 Å². The Morgan fingerprint density at radius 2 is 1.67 bits per heavy atom. The number of fused-ring (bicyclic) bond motifs is 1. The molecule has 0 atom stereocenters. The summed E-state index contributed by atoms with van der Waals surface area (Å²) in [4.78, 5) is 34.7. The Morgan fingerprint density at radius 1 is 0.963 bits per heavy atom. The highest BCUT2D eigenvalue weighted by atomic mass is 19.1. The number of hydrogen-bond donors (Lipinski definition) is 2. The largest absolute Gasteiger partial charge is 0.484 e. The topological polar surface area (TPSA) is 97.6 Å². The van der Waals surface area contributed by atoms with Crippen molar-refractivity contribution in [2.75, 3.05) is 6.61 Å². The van der Waals surface area contributed by atoms with Crippen molar-refractivity contribution in [2.45, 2.75) is 6.42 Å². The van der Waals surface area contributed by atoms with E-state index in [1.54, 1.807) is 18.2 Å². The predicted octanol–water partition coefficient (Wildman–Crippen LogP) is 1.70. The van der Waals surface area contributed by atoms with E-state index in [1.165, 1.54) is 36.4 Å². The number of carbonyl (C=O) groups excluding carboxylic acids is 2. The molecule has 0 spiro atoms. The van der Waals surface area contributed by atoms with E-state index < -0.39 is 23.3 Å². The second kappa shape index (κ2) is 8.13. The van der Waals surface area contributed by atoms with Gasteiger partial charge in [0.1, 0.15) is 17.1 Å². The van der Waals surface area contributed by atoms with Crippen LogP contribution in [0.25, 0.3) is 11.0 Å². The third-order valence-electron chi connectivity index (χ3n) is 3.58. The van der Waals surface area contributed by atoms with Crippen LogP contribution in [0.4, 0.5) is 4.39 Å². The number of hydrogen-bond acceptors (Lipinski definition) is 5. The zero-order valence-corrected chi connectivity index (χ0v) is 14.0. The van der Waals surface area contributed by atoms with Crippen molar-refractivity contribution in [1.29, 1.82) is 0 Å². The van der Waals surface area contributed by atoms with E-state index in [0.717, 1.165) is 5.39 Å². The van der Waals surface area contributed by atoms with Gasteiger partial charge in [0.05, 0.1) is 6.42 Å². The maximum Gasteiger partial charge on any atom is 0.336 e. The molecular formula is C19H15FN2O5. The number of amides is 2. The SMILES string of the molecule is O=C(COc1ccc2ccc(=O)oc2c1)NNC(=O)Cc1ccc(F)cc1.